The number of halogens is 1. The van der Waals surface area contributed by atoms with Crippen molar-refractivity contribution >= 4 is 39.6 Å². The Kier molecular flexibility index (Phi) is 4.42. The van der Waals surface area contributed by atoms with Crippen LogP contribution in [0.4, 0.5) is 5.00 Å². The monoisotopic (exact) mass is 401 g/mol. The summed E-state index contributed by atoms with van der Waals surface area (Å²) in [6.45, 7) is 3.32. The minimum absolute atomic E-state index is 0.0222. The molecule has 0 bridgehead atoms. The molecule has 1 aliphatic carbocycles. The molecule has 2 atom stereocenters. The SMILES string of the molecule is O=C1NN=C2c3sc(N4CCOCC4)cc3C(c3ccc(Cl)cc3)CCC12. The minimum atomic E-state index is -0.141. The van der Waals surface area contributed by atoms with E-state index in [9.17, 15) is 4.79 Å². The molecule has 7 heteroatoms. The summed E-state index contributed by atoms with van der Waals surface area (Å²) in [5.41, 5.74) is 6.12. The Hall–Kier alpha value is -1.89. The summed E-state index contributed by atoms with van der Waals surface area (Å²) >= 11 is 7.85. The third-order valence-electron chi connectivity index (χ3n) is 5.63. The van der Waals surface area contributed by atoms with Crippen LogP contribution in [0, 0.1) is 5.92 Å². The topological polar surface area (TPSA) is 53.9 Å². The van der Waals surface area contributed by atoms with Crippen LogP contribution in [-0.2, 0) is 9.53 Å². The second-order valence-corrected chi connectivity index (χ2v) is 8.64. The summed E-state index contributed by atoms with van der Waals surface area (Å²) in [6.07, 6.45) is 1.73. The fourth-order valence-corrected chi connectivity index (χ4v) is 5.64. The molecule has 2 aliphatic heterocycles. The molecule has 1 aromatic carbocycles. The summed E-state index contributed by atoms with van der Waals surface area (Å²) in [6, 6.07) is 10.4. The van der Waals surface area contributed by atoms with Crippen LogP contribution in [0.3, 0.4) is 0 Å². The van der Waals surface area contributed by atoms with Crippen molar-refractivity contribution in [2.45, 2.75) is 18.8 Å². The van der Waals surface area contributed by atoms with E-state index in [0.29, 0.717) is 0 Å². The van der Waals surface area contributed by atoms with E-state index in [4.69, 9.17) is 16.3 Å². The van der Waals surface area contributed by atoms with Crippen LogP contribution in [0.5, 0.6) is 0 Å². The Bertz CT molecular complexity index is 902. The Morgan fingerprint density at radius 3 is 2.67 bits per heavy atom. The number of rotatable bonds is 2. The number of morpholine rings is 1. The average Bonchev–Trinajstić information content (AvgIpc) is 3.25. The molecule has 3 heterocycles. The zero-order chi connectivity index (χ0) is 18.4. The van der Waals surface area contributed by atoms with E-state index >= 15 is 0 Å². The lowest BCUT2D eigenvalue weighted by Crippen LogP contribution is -2.35. The molecule has 0 radical (unpaired) electrons. The highest BCUT2D eigenvalue weighted by Gasteiger charge is 2.38. The van der Waals surface area contributed by atoms with E-state index in [1.54, 1.807) is 11.3 Å². The number of nitrogens with one attached hydrogen (secondary N) is 1. The number of amides is 1. The predicted octanol–water partition coefficient (Wildman–Crippen LogP) is 3.61. The fraction of sp³-hybridized carbons (Fsp3) is 0.400. The lowest BCUT2D eigenvalue weighted by atomic mass is 9.88. The summed E-state index contributed by atoms with van der Waals surface area (Å²) in [5, 5.41) is 6.39. The molecule has 0 spiro atoms. The highest BCUT2D eigenvalue weighted by atomic mass is 35.5. The van der Waals surface area contributed by atoms with Crippen molar-refractivity contribution in [1.29, 1.82) is 0 Å². The Balaban J connectivity index is 1.60. The normalized spacial score (nSPS) is 24.7. The molecule has 5 nitrogen and oxygen atoms in total. The number of thiophene rings is 1. The van der Waals surface area contributed by atoms with E-state index in [1.807, 2.05) is 12.1 Å². The quantitative estimate of drug-likeness (QED) is 0.836. The number of benzene rings is 1. The average molecular weight is 402 g/mol. The smallest absolute Gasteiger partial charge is 0.249 e. The summed E-state index contributed by atoms with van der Waals surface area (Å²) < 4.78 is 5.50. The highest BCUT2D eigenvalue weighted by molar-refractivity contribution is 7.18. The van der Waals surface area contributed by atoms with Crippen LogP contribution in [0.15, 0.2) is 35.4 Å². The molecule has 1 N–H and O–H groups in total. The maximum atomic E-state index is 12.3. The predicted molar refractivity (Wildman–Crippen MR) is 108 cm³/mol. The van der Waals surface area contributed by atoms with Gasteiger partial charge in [0.25, 0.3) is 0 Å². The van der Waals surface area contributed by atoms with Gasteiger partial charge < -0.3 is 9.64 Å². The van der Waals surface area contributed by atoms with Crippen LogP contribution in [0.1, 0.15) is 34.8 Å². The second kappa shape index (κ2) is 6.93. The number of carbonyl (C=O) groups is 1. The molecule has 0 saturated carbocycles. The lowest BCUT2D eigenvalue weighted by Gasteiger charge is -2.27. The standard InChI is InChI=1S/C20H20ClN3O2S/c21-13-3-1-12(2-4-13)14-5-6-15-18(22-23-20(15)25)19-16(14)11-17(27-19)24-7-9-26-10-8-24/h1-4,11,14-15H,5-10H2,(H,23,25). The van der Waals surface area contributed by atoms with E-state index in [0.717, 1.165) is 54.8 Å². The molecule has 140 valence electrons. The van der Waals surface area contributed by atoms with Crippen molar-refractivity contribution in [2.24, 2.45) is 11.0 Å². The van der Waals surface area contributed by atoms with Crippen molar-refractivity contribution in [1.82, 2.24) is 5.43 Å². The van der Waals surface area contributed by atoms with Gasteiger partial charge in [-0.3, -0.25) is 4.79 Å². The Morgan fingerprint density at radius 2 is 1.89 bits per heavy atom. The molecule has 1 aromatic heterocycles. The van der Waals surface area contributed by atoms with Gasteiger partial charge in [0.2, 0.25) is 5.91 Å². The van der Waals surface area contributed by atoms with E-state index in [1.165, 1.54) is 16.1 Å². The van der Waals surface area contributed by atoms with Gasteiger partial charge in [-0.05, 0) is 42.2 Å². The number of nitrogens with zero attached hydrogens (tertiary/aromatic N) is 2. The van der Waals surface area contributed by atoms with E-state index in [2.05, 4.69) is 33.6 Å². The zero-order valence-electron chi connectivity index (χ0n) is 14.8. The summed E-state index contributed by atoms with van der Waals surface area (Å²) in [4.78, 5) is 15.8. The minimum Gasteiger partial charge on any atom is -0.378 e. The number of hydrogen-bond acceptors (Lipinski definition) is 5. The Labute approximate surface area is 167 Å². The largest absolute Gasteiger partial charge is 0.378 e. The number of carbonyl (C=O) groups excluding carboxylic acids is 1. The summed E-state index contributed by atoms with van der Waals surface area (Å²) in [5.74, 6) is 0.135. The molecule has 2 unspecified atom stereocenters. The van der Waals surface area contributed by atoms with E-state index in [-0.39, 0.29) is 17.7 Å². The number of hydrazone groups is 1. The third kappa shape index (κ3) is 3.06. The maximum Gasteiger partial charge on any atom is 0.249 e. The number of fused-ring (bicyclic) bond motifs is 3. The summed E-state index contributed by atoms with van der Waals surface area (Å²) in [7, 11) is 0. The third-order valence-corrected chi connectivity index (χ3v) is 7.11. The molecule has 27 heavy (non-hydrogen) atoms. The molecule has 5 rings (SSSR count). The molecule has 3 aliphatic rings. The molecule has 2 aromatic rings. The van der Waals surface area contributed by atoms with Gasteiger partial charge in [-0.15, -0.1) is 11.3 Å². The van der Waals surface area contributed by atoms with Gasteiger partial charge in [-0.1, -0.05) is 23.7 Å². The fourth-order valence-electron chi connectivity index (χ4n) is 4.19. The molecule has 1 amide bonds. The molecule has 1 saturated heterocycles. The van der Waals surface area contributed by atoms with E-state index < -0.39 is 0 Å². The van der Waals surface area contributed by atoms with Gasteiger partial charge in [0.15, 0.2) is 0 Å². The van der Waals surface area contributed by atoms with Crippen molar-refractivity contribution in [2.75, 3.05) is 31.2 Å². The number of hydrogen-bond donors (Lipinski definition) is 1. The van der Waals surface area contributed by atoms with Crippen LogP contribution < -0.4 is 10.3 Å². The lowest BCUT2D eigenvalue weighted by molar-refractivity contribution is -0.122. The first kappa shape index (κ1) is 17.2. The first-order valence-electron chi connectivity index (χ1n) is 9.30. The van der Waals surface area contributed by atoms with Crippen LogP contribution >= 0.6 is 22.9 Å². The first-order chi connectivity index (χ1) is 13.2. The molecule has 1 fully saturated rings. The van der Waals surface area contributed by atoms with Crippen molar-refractivity contribution < 1.29 is 9.53 Å². The van der Waals surface area contributed by atoms with Crippen LogP contribution in [0.2, 0.25) is 5.02 Å². The molecular weight excluding hydrogens is 382 g/mol. The van der Waals surface area contributed by atoms with Gasteiger partial charge >= 0.3 is 0 Å². The van der Waals surface area contributed by atoms with Crippen LogP contribution in [-0.4, -0.2) is 37.9 Å². The number of ether oxygens (including phenoxy) is 1. The second-order valence-electron chi connectivity index (χ2n) is 7.18. The zero-order valence-corrected chi connectivity index (χ0v) is 16.4. The van der Waals surface area contributed by atoms with Gasteiger partial charge in [-0.25, -0.2) is 5.43 Å². The van der Waals surface area contributed by atoms with Gasteiger partial charge in [0.1, 0.15) is 0 Å². The molecular formula is C20H20ClN3O2S. The van der Waals surface area contributed by atoms with Crippen molar-refractivity contribution in [3.63, 3.8) is 0 Å². The number of anilines is 1. The first-order valence-corrected chi connectivity index (χ1v) is 10.5. The van der Waals surface area contributed by atoms with Crippen molar-refractivity contribution in [3.8, 4) is 0 Å². The maximum absolute atomic E-state index is 12.3. The van der Waals surface area contributed by atoms with Gasteiger partial charge in [0.05, 0.1) is 34.7 Å². The van der Waals surface area contributed by atoms with Crippen molar-refractivity contribution in [3.05, 3.63) is 51.4 Å². The highest BCUT2D eigenvalue weighted by Crippen LogP contribution is 2.45. The van der Waals surface area contributed by atoms with Gasteiger partial charge in [0, 0.05) is 24.0 Å². The van der Waals surface area contributed by atoms with Crippen LogP contribution in [0.25, 0.3) is 0 Å². The Morgan fingerprint density at radius 1 is 1.15 bits per heavy atom. The van der Waals surface area contributed by atoms with Gasteiger partial charge in [-0.2, -0.15) is 5.10 Å².